The van der Waals surface area contributed by atoms with E-state index in [1.165, 1.54) is 39.8 Å². The van der Waals surface area contributed by atoms with Crippen LogP contribution in [0.5, 0.6) is 0 Å². The number of aromatic nitrogens is 2. The number of hydrogen-bond donors (Lipinski definition) is 2. The van der Waals surface area contributed by atoms with Crippen LogP contribution in [0.3, 0.4) is 0 Å². The van der Waals surface area contributed by atoms with E-state index in [0.29, 0.717) is 39.9 Å². The number of aryl methyl sites for hydroxylation is 1. The van der Waals surface area contributed by atoms with Crippen LogP contribution in [0.15, 0.2) is 45.9 Å². The molecule has 0 saturated carbocycles. The lowest BCUT2D eigenvalue weighted by atomic mass is 9.98. The van der Waals surface area contributed by atoms with Gasteiger partial charge in [0.25, 0.3) is 11.8 Å². The first-order valence-corrected chi connectivity index (χ1v) is 17.5. The monoisotopic (exact) mass is 725 g/mol. The molecule has 2 fully saturated rings. The van der Waals surface area contributed by atoms with Gasteiger partial charge >= 0.3 is 17.9 Å². The molecule has 0 bridgehead atoms. The predicted molar refractivity (Wildman–Crippen MR) is 177 cm³/mol. The molecule has 1 aromatic carbocycles. The first kappa shape index (κ1) is 36.7. The Morgan fingerprint density at radius 2 is 1.89 bits per heavy atom. The number of ether oxygens (including phenoxy) is 3. The van der Waals surface area contributed by atoms with Crippen molar-refractivity contribution in [2.45, 2.75) is 68.4 Å². The molecule has 4 unspecified atom stereocenters. The third kappa shape index (κ3) is 8.65. The quantitative estimate of drug-likeness (QED) is 0.150. The van der Waals surface area contributed by atoms with Gasteiger partial charge in [0.2, 0.25) is 12.9 Å². The molecule has 4 heterocycles. The molecule has 0 radical (unpaired) electrons. The predicted octanol–water partition coefficient (Wildman–Crippen LogP) is 3.14. The second-order valence-electron chi connectivity index (χ2n) is 11.8. The summed E-state index contributed by atoms with van der Waals surface area (Å²) >= 11 is 4.17. The van der Waals surface area contributed by atoms with Crippen molar-refractivity contribution in [1.29, 1.82) is 0 Å². The fourth-order valence-corrected chi connectivity index (χ4v) is 8.20. The van der Waals surface area contributed by atoms with Crippen molar-refractivity contribution in [2.75, 3.05) is 24.8 Å². The van der Waals surface area contributed by atoms with E-state index in [-0.39, 0.29) is 18.1 Å². The van der Waals surface area contributed by atoms with E-state index in [2.05, 4.69) is 20.8 Å². The van der Waals surface area contributed by atoms with Crippen molar-refractivity contribution in [1.82, 2.24) is 25.7 Å². The summed E-state index contributed by atoms with van der Waals surface area (Å²) in [5.74, 6) is -2.38. The molecule has 0 aliphatic carbocycles. The normalized spacial score (nSPS) is 21.1. The van der Waals surface area contributed by atoms with E-state index in [4.69, 9.17) is 14.2 Å². The number of rotatable bonds is 11. The van der Waals surface area contributed by atoms with Gasteiger partial charge in [0, 0.05) is 17.1 Å². The number of fused-ring (bicyclic) bond motifs is 1. The van der Waals surface area contributed by atoms with Crippen molar-refractivity contribution in [3.63, 3.8) is 0 Å². The van der Waals surface area contributed by atoms with Gasteiger partial charge in [0.05, 0.1) is 5.41 Å². The van der Waals surface area contributed by atoms with Crippen molar-refractivity contribution in [3.05, 3.63) is 52.2 Å². The van der Waals surface area contributed by atoms with E-state index >= 15 is 0 Å². The molecular weight excluding hydrogens is 690 g/mol. The largest absolute Gasteiger partial charge is 0.446 e. The summed E-state index contributed by atoms with van der Waals surface area (Å²) in [4.78, 5) is 66.9. The summed E-state index contributed by atoms with van der Waals surface area (Å²) in [7, 11) is 0. The Balaban J connectivity index is 0.00000500. The maximum atomic E-state index is 13.6. The fraction of sp³-hybridized carbons (Fsp3) is 0.500. The first-order valence-electron chi connectivity index (χ1n) is 14.7. The number of amides is 2. The zero-order chi connectivity index (χ0) is 33.0. The summed E-state index contributed by atoms with van der Waals surface area (Å²) in [6.45, 7) is 6.94. The summed E-state index contributed by atoms with van der Waals surface area (Å²) in [6, 6.07) is 7.12. The van der Waals surface area contributed by atoms with Gasteiger partial charge in [-0.05, 0) is 52.7 Å². The Labute approximate surface area is 290 Å². The minimum absolute atomic E-state index is 0. The Morgan fingerprint density at radius 3 is 2.53 bits per heavy atom. The zero-order valence-electron chi connectivity index (χ0n) is 26.2. The molecule has 5 rings (SSSR count). The molecule has 4 atom stereocenters. The molecule has 3 aliphatic rings. The highest BCUT2D eigenvalue weighted by Gasteiger charge is 2.55. The van der Waals surface area contributed by atoms with Gasteiger partial charge in [-0.2, -0.15) is 0 Å². The highest BCUT2D eigenvalue weighted by molar-refractivity contribution is 8.01. The van der Waals surface area contributed by atoms with Crippen molar-refractivity contribution < 1.29 is 38.2 Å². The number of β-lactam (4-membered cyclic amide) rings is 1. The van der Waals surface area contributed by atoms with E-state index in [0.717, 1.165) is 11.4 Å². The molecule has 1 aromatic heterocycles. The Hall–Kier alpha value is -3.18. The van der Waals surface area contributed by atoms with E-state index < -0.39 is 65.5 Å². The highest BCUT2D eigenvalue weighted by atomic mass is 35.5. The van der Waals surface area contributed by atoms with Crippen LogP contribution >= 0.6 is 47.3 Å². The Morgan fingerprint density at radius 1 is 1.15 bits per heavy atom. The summed E-state index contributed by atoms with van der Waals surface area (Å²) < 4.78 is 16.8. The number of carbonyl (C=O) groups is 5. The third-order valence-electron chi connectivity index (χ3n) is 7.33. The van der Waals surface area contributed by atoms with Crippen LogP contribution in [0.2, 0.25) is 0 Å². The standard InChI is InChI=1S/C30H35N5O8S3.ClH/c1-16-33-34-29(46-16)45-14-18-13-44-25-20(24(37)35(25)21(18)27(39)41-15-42-28(40)30(2,3)4)32-23(36)22(17-9-6-5-7-10-17)43-26(38)19-11-8-12-31-19;/h5-7,9-10,19-20,22,25,31H,8,11-15H2,1-4H3,(H,32,36);1H. The maximum Gasteiger partial charge on any atom is 0.357 e. The van der Waals surface area contributed by atoms with Gasteiger partial charge in [-0.25, -0.2) is 4.79 Å². The second kappa shape index (κ2) is 15.8. The molecule has 2 N–H and O–H groups in total. The lowest BCUT2D eigenvalue weighted by molar-refractivity contribution is -0.173. The van der Waals surface area contributed by atoms with Crippen molar-refractivity contribution in [3.8, 4) is 0 Å². The minimum Gasteiger partial charge on any atom is -0.446 e. The average Bonchev–Trinajstić information content (AvgIpc) is 3.73. The Kier molecular flexibility index (Phi) is 12.3. The number of nitrogens with one attached hydrogen (secondary N) is 2. The molecular formula is C30H36ClN5O8S3. The van der Waals surface area contributed by atoms with Crippen LogP contribution < -0.4 is 10.6 Å². The second-order valence-corrected chi connectivity index (χ2v) is 15.3. The number of carbonyl (C=O) groups excluding carboxylic acids is 5. The van der Waals surface area contributed by atoms with Gasteiger partial charge < -0.3 is 24.8 Å². The third-order valence-corrected chi connectivity index (χ3v) is 10.7. The number of esters is 3. The molecule has 2 amide bonds. The number of hydrogen-bond acceptors (Lipinski definition) is 14. The van der Waals surface area contributed by atoms with Crippen molar-refractivity contribution >= 4 is 77.0 Å². The molecule has 2 saturated heterocycles. The van der Waals surface area contributed by atoms with Crippen LogP contribution in [-0.4, -0.2) is 87.1 Å². The zero-order valence-corrected chi connectivity index (χ0v) is 29.4. The van der Waals surface area contributed by atoms with Crippen molar-refractivity contribution in [2.24, 2.45) is 5.41 Å². The molecule has 2 aromatic rings. The average molecular weight is 726 g/mol. The molecule has 0 spiro atoms. The van der Waals surface area contributed by atoms with Crippen LogP contribution in [0.25, 0.3) is 0 Å². The molecule has 3 aliphatic heterocycles. The first-order chi connectivity index (χ1) is 21.9. The van der Waals surface area contributed by atoms with Crippen LogP contribution in [0.4, 0.5) is 0 Å². The lowest BCUT2D eigenvalue weighted by Crippen LogP contribution is -2.71. The number of nitrogens with zero attached hydrogens (tertiary/aromatic N) is 3. The molecule has 17 heteroatoms. The fourth-order valence-electron chi connectivity index (χ4n) is 4.90. The maximum absolute atomic E-state index is 13.6. The van der Waals surface area contributed by atoms with Gasteiger partial charge in [-0.15, -0.1) is 34.4 Å². The van der Waals surface area contributed by atoms with Gasteiger partial charge in [-0.3, -0.25) is 24.1 Å². The lowest BCUT2D eigenvalue weighted by Gasteiger charge is -2.49. The topological polar surface area (TPSA) is 166 Å². The Bertz CT molecular complexity index is 1530. The summed E-state index contributed by atoms with van der Waals surface area (Å²) in [5, 5.41) is 14.2. The molecule has 13 nitrogen and oxygen atoms in total. The van der Waals surface area contributed by atoms with Gasteiger partial charge in [0.15, 0.2) is 4.34 Å². The van der Waals surface area contributed by atoms with E-state index in [1.54, 1.807) is 51.1 Å². The van der Waals surface area contributed by atoms with Gasteiger partial charge in [0.1, 0.15) is 28.2 Å². The van der Waals surface area contributed by atoms with Crippen LogP contribution in [0.1, 0.15) is 50.3 Å². The van der Waals surface area contributed by atoms with Gasteiger partial charge in [-0.1, -0.05) is 53.4 Å². The summed E-state index contributed by atoms with van der Waals surface area (Å²) in [5.41, 5.74) is 0.340. The van der Waals surface area contributed by atoms with Crippen LogP contribution in [-0.2, 0) is 38.2 Å². The highest BCUT2D eigenvalue weighted by Crippen LogP contribution is 2.42. The summed E-state index contributed by atoms with van der Waals surface area (Å²) in [6.07, 6.45) is 0.161. The van der Waals surface area contributed by atoms with Crippen LogP contribution in [0, 0.1) is 12.3 Å². The number of thioether (sulfide) groups is 2. The SMILES string of the molecule is Cc1nnc(SCC2=C(C(=O)OCOC(=O)C(C)(C)C)N3C(=O)C(NC(=O)C(OC(=O)C4CCCN4)c4ccccc4)C3SC2)s1.Cl. The van der Waals surface area contributed by atoms with E-state index in [9.17, 15) is 24.0 Å². The van der Waals surface area contributed by atoms with E-state index in [1.807, 2.05) is 6.92 Å². The molecule has 254 valence electrons. The molecule has 47 heavy (non-hydrogen) atoms. The number of halogens is 1. The smallest absolute Gasteiger partial charge is 0.357 e. The number of benzene rings is 1. The minimum atomic E-state index is -1.27.